The molecule has 2 aliphatic heterocycles. The van der Waals surface area contributed by atoms with Gasteiger partial charge in [0.25, 0.3) is 5.91 Å². The fourth-order valence-electron chi connectivity index (χ4n) is 3.95. The first kappa shape index (κ1) is 18.0. The van der Waals surface area contributed by atoms with Crippen LogP contribution in [0.5, 0.6) is 0 Å². The molecule has 3 heterocycles. The lowest BCUT2D eigenvalue weighted by Crippen LogP contribution is -2.36. The van der Waals surface area contributed by atoms with E-state index in [0.717, 1.165) is 64.5 Å². The van der Waals surface area contributed by atoms with Gasteiger partial charge in [0.05, 0.1) is 30.7 Å². The quantitative estimate of drug-likeness (QED) is 0.798. The number of morpholine rings is 1. The van der Waals surface area contributed by atoms with Crippen molar-refractivity contribution in [1.29, 1.82) is 0 Å². The molecule has 0 bridgehead atoms. The Kier molecular flexibility index (Phi) is 5.40. The molecule has 0 aliphatic carbocycles. The third kappa shape index (κ3) is 4.14. The first-order valence-electron chi connectivity index (χ1n) is 9.67. The number of hydrogen-bond donors (Lipinski definition) is 2. The minimum atomic E-state index is -0.384. The lowest BCUT2D eigenvalue weighted by Gasteiger charge is -2.29. The second kappa shape index (κ2) is 8.10. The fourth-order valence-corrected chi connectivity index (χ4v) is 3.95. The minimum Gasteiger partial charge on any atom is -0.378 e. The van der Waals surface area contributed by atoms with E-state index in [4.69, 9.17) is 10.5 Å². The predicted octanol–water partition coefficient (Wildman–Crippen LogP) is 1.17. The van der Waals surface area contributed by atoms with Gasteiger partial charge < -0.3 is 20.7 Å². The number of nitrogens with one attached hydrogen (secondary N) is 1. The summed E-state index contributed by atoms with van der Waals surface area (Å²) in [7, 11) is 0. The molecular weight excluding hydrogens is 342 g/mol. The van der Waals surface area contributed by atoms with Crippen molar-refractivity contribution in [1.82, 2.24) is 15.1 Å². The highest BCUT2D eigenvalue weighted by Gasteiger charge is 2.24. The molecule has 1 atom stereocenters. The SMILES string of the molecule is NC(=O)c1cnn2c1CC(CNCc1ccc(N3CCOCC3)cc1)CC2. The van der Waals surface area contributed by atoms with Crippen molar-refractivity contribution in [3.05, 3.63) is 47.3 Å². The topological polar surface area (TPSA) is 85.4 Å². The normalized spacial score (nSPS) is 19.7. The van der Waals surface area contributed by atoms with Gasteiger partial charge in [-0.1, -0.05) is 12.1 Å². The molecule has 0 radical (unpaired) electrons. The van der Waals surface area contributed by atoms with Crippen molar-refractivity contribution in [3.8, 4) is 0 Å². The van der Waals surface area contributed by atoms with Crippen LogP contribution in [0.1, 0.15) is 28.0 Å². The smallest absolute Gasteiger partial charge is 0.252 e. The van der Waals surface area contributed by atoms with Crippen LogP contribution in [-0.2, 0) is 24.2 Å². The maximum Gasteiger partial charge on any atom is 0.252 e. The largest absolute Gasteiger partial charge is 0.378 e. The number of fused-ring (bicyclic) bond motifs is 1. The van der Waals surface area contributed by atoms with Crippen LogP contribution in [0.15, 0.2) is 30.5 Å². The summed E-state index contributed by atoms with van der Waals surface area (Å²) in [5.41, 5.74) is 9.55. The van der Waals surface area contributed by atoms with E-state index in [1.807, 2.05) is 4.68 Å². The summed E-state index contributed by atoms with van der Waals surface area (Å²) in [6, 6.07) is 8.78. The molecule has 1 aromatic heterocycles. The summed E-state index contributed by atoms with van der Waals surface area (Å²) in [4.78, 5) is 13.9. The number of hydrogen-bond acceptors (Lipinski definition) is 5. The van der Waals surface area contributed by atoms with Gasteiger partial charge in [-0.15, -0.1) is 0 Å². The van der Waals surface area contributed by atoms with Gasteiger partial charge in [-0.2, -0.15) is 5.10 Å². The maximum absolute atomic E-state index is 11.5. The second-order valence-corrected chi connectivity index (χ2v) is 7.35. The number of rotatable bonds is 6. The number of carbonyl (C=O) groups is 1. The zero-order valence-electron chi connectivity index (χ0n) is 15.6. The molecule has 144 valence electrons. The third-order valence-corrected chi connectivity index (χ3v) is 5.52. The highest BCUT2D eigenvalue weighted by molar-refractivity contribution is 5.93. The van der Waals surface area contributed by atoms with Crippen molar-refractivity contribution in [2.24, 2.45) is 11.7 Å². The summed E-state index contributed by atoms with van der Waals surface area (Å²) < 4.78 is 7.33. The third-order valence-electron chi connectivity index (χ3n) is 5.52. The first-order valence-corrected chi connectivity index (χ1v) is 9.67. The van der Waals surface area contributed by atoms with Crippen LogP contribution in [0, 0.1) is 5.92 Å². The Balaban J connectivity index is 1.27. The van der Waals surface area contributed by atoms with Crippen LogP contribution in [-0.4, -0.2) is 48.5 Å². The molecule has 1 fully saturated rings. The van der Waals surface area contributed by atoms with Crippen molar-refractivity contribution >= 4 is 11.6 Å². The van der Waals surface area contributed by atoms with Crippen LogP contribution in [0.3, 0.4) is 0 Å². The molecule has 2 aromatic rings. The van der Waals surface area contributed by atoms with E-state index in [1.165, 1.54) is 11.3 Å². The van der Waals surface area contributed by atoms with Crippen LogP contribution in [0.25, 0.3) is 0 Å². The van der Waals surface area contributed by atoms with Gasteiger partial charge in [0, 0.05) is 31.9 Å². The molecule has 4 rings (SSSR count). The Labute approximate surface area is 159 Å². The van der Waals surface area contributed by atoms with Gasteiger partial charge in [0.15, 0.2) is 0 Å². The molecule has 7 nitrogen and oxygen atoms in total. The molecule has 1 unspecified atom stereocenters. The Hall–Kier alpha value is -2.38. The van der Waals surface area contributed by atoms with Crippen molar-refractivity contribution < 1.29 is 9.53 Å². The van der Waals surface area contributed by atoms with E-state index in [9.17, 15) is 4.79 Å². The summed E-state index contributed by atoms with van der Waals surface area (Å²) in [6.45, 7) is 6.16. The lowest BCUT2D eigenvalue weighted by atomic mass is 9.94. The zero-order valence-corrected chi connectivity index (χ0v) is 15.6. The van der Waals surface area contributed by atoms with Gasteiger partial charge in [0.2, 0.25) is 0 Å². The number of nitrogens with two attached hydrogens (primary N) is 1. The monoisotopic (exact) mass is 369 g/mol. The molecule has 7 heteroatoms. The van der Waals surface area contributed by atoms with Crippen molar-refractivity contribution in [3.63, 3.8) is 0 Å². The summed E-state index contributed by atoms with van der Waals surface area (Å²) in [5, 5.41) is 7.83. The van der Waals surface area contributed by atoms with Crippen LogP contribution < -0.4 is 16.0 Å². The number of primary amides is 1. The highest BCUT2D eigenvalue weighted by Crippen LogP contribution is 2.22. The molecular formula is C20H27N5O2. The Morgan fingerprint density at radius 2 is 2.00 bits per heavy atom. The first-order chi connectivity index (χ1) is 13.2. The molecule has 1 aromatic carbocycles. The number of nitrogens with zero attached hydrogens (tertiary/aromatic N) is 3. The Morgan fingerprint density at radius 1 is 1.22 bits per heavy atom. The molecule has 2 aliphatic rings. The van der Waals surface area contributed by atoms with Crippen molar-refractivity contribution in [2.75, 3.05) is 37.7 Å². The maximum atomic E-state index is 11.5. The van der Waals surface area contributed by atoms with E-state index < -0.39 is 0 Å². The molecule has 0 saturated carbocycles. The standard InChI is InChI=1S/C20H27N5O2/c21-20(26)18-14-23-25-6-5-16(11-19(18)25)13-22-12-15-1-3-17(4-2-15)24-7-9-27-10-8-24/h1-4,14,16,22H,5-13H2,(H2,21,26). The van der Waals surface area contributed by atoms with Gasteiger partial charge in [0.1, 0.15) is 0 Å². The average molecular weight is 369 g/mol. The fraction of sp³-hybridized carbons (Fsp3) is 0.500. The van der Waals surface area contributed by atoms with Crippen LogP contribution in [0.2, 0.25) is 0 Å². The molecule has 27 heavy (non-hydrogen) atoms. The van der Waals surface area contributed by atoms with Crippen LogP contribution in [0.4, 0.5) is 5.69 Å². The number of amides is 1. The highest BCUT2D eigenvalue weighted by atomic mass is 16.5. The minimum absolute atomic E-state index is 0.384. The van der Waals surface area contributed by atoms with E-state index >= 15 is 0 Å². The second-order valence-electron chi connectivity index (χ2n) is 7.35. The molecule has 3 N–H and O–H groups in total. The molecule has 0 spiro atoms. The number of carbonyl (C=O) groups excluding carboxylic acids is 1. The summed E-state index contributed by atoms with van der Waals surface area (Å²) >= 11 is 0. The van der Waals surface area contributed by atoms with E-state index in [-0.39, 0.29) is 5.91 Å². The number of benzene rings is 1. The van der Waals surface area contributed by atoms with E-state index in [1.54, 1.807) is 6.20 Å². The van der Waals surface area contributed by atoms with Gasteiger partial charge in [-0.25, -0.2) is 0 Å². The van der Waals surface area contributed by atoms with Gasteiger partial charge in [-0.3, -0.25) is 9.48 Å². The van der Waals surface area contributed by atoms with E-state index in [0.29, 0.717) is 11.5 Å². The number of aryl methyl sites for hydroxylation is 1. The van der Waals surface area contributed by atoms with Crippen LogP contribution >= 0.6 is 0 Å². The zero-order chi connectivity index (χ0) is 18.6. The number of aromatic nitrogens is 2. The van der Waals surface area contributed by atoms with E-state index in [2.05, 4.69) is 39.6 Å². The van der Waals surface area contributed by atoms with Gasteiger partial charge in [-0.05, 0) is 43.0 Å². The predicted molar refractivity (Wildman–Crippen MR) is 104 cm³/mol. The Morgan fingerprint density at radius 3 is 2.74 bits per heavy atom. The summed E-state index contributed by atoms with van der Waals surface area (Å²) in [5.74, 6) is 0.116. The Bertz CT molecular complexity index is 780. The molecule has 1 saturated heterocycles. The lowest BCUT2D eigenvalue weighted by molar-refractivity contribution is 0.0998. The summed E-state index contributed by atoms with van der Waals surface area (Å²) in [6.07, 6.45) is 3.51. The van der Waals surface area contributed by atoms with Crippen molar-refractivity contribution in [2.45, 2.75) is 25.9 Å². The number of ether oxygens (including phenoxy) is 1. The van der Waals surface area contributed by atoms with Gasteiger partial charge >= 0.3 is 0 Å². The number of anilines is 1. The molecule has 1 amide bonds. The average Bonchev–Trinajstić information content (AvgIpc) is 3.13.